The fourth-order valence-corrected chi connectivity index (χ4v) is 1.42. The zero-order valence-electron chi connectivity index (χ0n) is 10.2. The predicted molar refractivity (Wildman–Crippen MR) is 62.9 cm³/mol. The molecule has 5 nitrogen and oxygen atoms in total. The molecule has 0 spiro atoms. The summed E-state index contributed by atoms with van der Waals surface area (Å²) in [7, 11) is 0. The van der Waals surface area contributed by atoms with Gasteiger partial charge in [0, 0.05) is 17.8 Å². The maximum atomic E-state index is 11.5. The first-order valence-corrected chi connectivity index (χ1v) is 5.55. The van der Waals surface area contributed by atoms with E-state index in [2.05, 4.69) is 10.1 Å². The van der Waals surface area contributed by atoms with Gasteiger partial charge in [-0.05, 0) is 18.6 Å². The number of pyridine rings is 1. The fraction of sp³-hybridized carbons (Fsp3) is 0.417. The molecule has 0 atom stereocenters. The van der Waals surface area contributed by atoms with E-state index >= 15 is 0 Å². The molecule has 2 aromatic rings. The fourth-order valence-electron chi connectivity index (χ4n) is 1.42. The van der Waals surface area contributed by atoms with Gasteiger partial charge in [0.25, 0.3) is 0 Å². The van der Waals surface area contributed by atoms with Crippen LogP contribution in [0.3, 0.4) is 0 Å². The lowest BCUT2D eigenvalue weighted by Crippen LogP contribution is -2.16. The SMILES string of the molecule is Cc1ccc(Cn2nc(C(C)C)oc2=O)cn1. The van der Waals surface area contributed by atoms with Gasteiger partial charge in [-0.15, -0.1) is 5.10 Å². The first-order valence-electron chi connectivity index (χ1n) is 5.55. The highest BCUT2D eigenvalue weighted by Gasteiger charge is 2.11. The van der Waals surface area contributed by atoms with Crippen LogP contribution in [0.25, 0.3) is 0 Å². The molecule has 0 amide bonds. The Morgan fingerprint density at radius 3 is 2.71 bits per heavy atom. The summed E-state index contributed by atoms with van der Waals surface area (Å²) in [5.41, 5.74) is 1.88. The van der Waals surface area contributed by atoms with Gasteiger partial charge in [0.1, 0.15) is 0 Å². The molecule has 0 saturated heterocycles. The van der Waals surface area contributed by atoms with Crippen molar-refractivity contribution in [3.63, 3.8) is 0 Å². The molecule has 17 heavy (non-hydrogen) atoms. The zero-order valence-corrected chi connectivity index (χ0v) is 10.2. The summed E-state index contributed by atoms with van der Waals surface area (Å²) < 4.78 is 6.37. The van der Waals surface area contributed by atoms with Gasteiger partial charge in [-0.2, -0.15) is 4.68 Å². The van der Waals surface area contributed by atoms with Crippen molar-refractivity contribution in [1.82, 2.24) is 14.8 Å². The second kappa shape index (κ2) is 4.53. The van der Waals surface area contributed by atoms with Crippen molar-refractivity contribution in [2.75, 3.05) is 0 Å². The predicted octanol–water partition coefficient (Wildman–Crippen LogP) is 1.71. The van der Waals surface area contributed by atoms with E-state index in [9.17, 15) is 4.79 Å². The molecule has 0 unspecified atom stereocenters. The zero-order chi connectivity index (χ0) is 12.4. The minimum Gasteiger partial charge on any atom is -0.392 e. The van der Waals surface area contributed by atoms with Gasteiger partial charge in [0.15, 0.2) is 0 Å². The molecule has 90 valence electrons. The minimum atomic E-state index is -0.422. The van der Waals surface area contributed by atoms with Crippen molar-refractivity contribution >= 4 is 0 Å². The number of aryl methyl sites for hydroxylation is 1. The highest BCUT2D eigenvalue weighted by Crippen LogP contribution is 2.09. The molecule has 0 aromatic carbocycles. The van der Waals surface area contributed by atoms with E-state index in [0.717, 1.165) is 11.3 Å². The van der Waals surface area contributed by atoms with Crippen LogP contribution in [0, 0.1) is 6.92 Å². The molecule has 2 rings (SSSR count). The van der Waals surface area contributed by atoms with Crippen molar-refractivity contribution in [2.45, 2.75) is 33.2 Å². The highest BCUT2D eigenvalue weighted by molar-refractivity contribution is 5.13. The van der Waals surface area contributed by atoms with Crippen LogP contribution in [0.15, 0.2) is 27.5 Å². The van der Waals surface area contributed by atoms with Crippen molar-refractivity contribution in [3.8, 4) is 0 Å². The Balaban J connectivity index is 2.24. The third-order valence-corrected chi connectivity index (χ3v) is 2.42. The monoisotopic (exact) mass is 233 g/mol. The second-order valence-electron chi connectivity index (χ2n) is 4.33. The molecule has 0 saturated carbocycles. The standard InChI is InChI=1S/C12H15N3O2/c1-8(2)11-14-15(12(16)17-11)7-10-5-4-9(3)13-6-10/h4-6,8H,7H2,1-3H3. The van der Waals surface area contributed by atoms with E-state index in [-0.39, 0.29) is 5.92 Å². The molecule has 2 heterocycles. The molecule has 5 heteroatoms. The smallest absolute Gasteiger partial charge is 0.392 e. The summed E-state index contributed by atoms with van der Waals surface area (Å²) >= 11 is 0. The van der Waals surface area contributed by atoms with Gasteiger partial charge in [-0.25, -0.2) is 4.79 Å². The average molecular weight is 233 g/mol. The summed E-state index contributed by atoms with van der Waals surface area (Å²) in [4.78, 5) is 15.7. The summed E-state index contributed by atoms with van der Waals surface area (Å²) in [6, 6.07) is 3.84. The molecule has 0 aliphatic rings. The van der Waals surface area contributed by atoms with Crippen molar-refractivity contribution < 1.29 is 4.42 Å². The Morgan fingerprint density at radius 1 is 1.41 bits per heavy atom. The number of rotatable bonds is 3. The molecule has 0 radical (unpaired) electrons. The lowest BCUT2D eigenvalue weighted by atomic mass is 10.2. The molecular formula is C12H15N3O2. The topological polar surface area (TPSA) is 60.9 Å². The van der Waals surface area contributed by atoms with Crippen LogP contribution >= 0.6 is 0 Å². The lowest BCUT2D eigenvalue weighted by molar-refractivity contribution is 0.434. The molecule has 2 aromatic heterocycles. The molecule has 0 N–H and O–H groups in total. The quantitative estimate of drug-likeness (QED) is 0.809. The normalized spacial score (nSPS) is 11.1. The average Bonchev–Trinajstić information content (AvgIpc) is 2.64. The number of hydrogen-bond donors (Lipinski definition) is 0. The molecule has 0 bridgehead atoms. The van der Waals surface area contributed by atoms with E-state index in [1.54, 1.807) is 6.20 Å². The van der Waals surface area contributed by atoms with Gasteiger partial charge >= 0.3 is 5.76 Å². The van der Waals surface area contributed by atoms with Crippen LogP contribution in [-0.2, 0) is 6.54 Å². The minimum absolute atomic E-state index is 0.111. The molecule has 0 aliphatic carbocycles. The Morgan fingerprint density at radius 2 is 2.18 bits per heavy atom. The van der Waals surface area contributed by atoms with Crippen molar-refractivity contribution in [1.29, 1.82) is 0 Å². The van der Waals surface area contributed by atoms with E-state index in [1.165, 1.54) is 4.68 Å². The third-order valence-electron chi connectivity index (χ3n) is 2.42. The Kier molecular flexibility index (Phi) is 3.08. The number of aromatic nitrogens is 3. The maximum absolute atomic E-state index is 11.5. The maximum Gasteiger partial charge on any atom is 0.437 e. The van der Waals surface area contributed by atoms with Crippen molar-refractivity contribution in [2.24, 2.45) is 0 Å². The van der Waals surface area contributed by atoms with Gasteiger partial charge < -0.3 is 4.42 Å². The Hall–Kier alpha value is -1.91. The first-order chi connectivity index (χ1) is 8.06. The van der Waals surface area contributed by atoms with E-state index in [4.69, 9.17) is 4.42 Å². The van der Waals surface area contributed by atoms with Crippen LogP contribution in [0.2, 0.25) is 0 Å². The van der Waals surface area contributed by atoms with Gasteiger partial charge in [0.2, 0.25) is 5.89 Å². The Bertz CT molecular complexity index is 552. The van der Waals surface area contributed by atoms with Gasteiger partial charge in [-0.3, -0.25) is 4.98 Å². The van der Waals surface area contributed by atoms with Crippen molar-refractivity contribution in [3.05, 3.63) is 46.0 Å². The third kappa shape index (κ3) is 2.61. The summed E-state index contributed by atoms with van der Waals surface area (Å²) in [5.74, 6) is 0.157. The van der Waals surface area contributed by atoms with Crippen LogP contribution in [0.5, 0.6) is 0 Å². The molecule has 0 aliphatic heterocycles. The van der Waals surface area contributed by atoms with Crippen LogP contribution < -0.4 is 5.76 Å². The molecule has 0 fully saturated rings. The van der Waals surface area contributed by atoms with E-state index in [1.807, 2.05) is 32.9 Å². The van der Waals surface area contributed by atoms with Gasteiger partial charge in [-0.1, -0.05) is 19.9 Å². The highest BCUT2D eigenvalue weighted by atomic mass is 16.4. The van der Waals surface area contributed by atoms with E-state index < -0.39 is 5.76 Å². The number of nitrogens with zero attached hydrogens (tertiary/aromatic N) is 3. The second-order valence-corrected chi connectivity index (χ2v) is 4.33. The van der Waals surface area contributed by atoms with E-state index in [0.29, 0.717) is 12.4 Å². The first kappa shape index (κ1) is 11.6. The molecular weight excluding hydrogens is 218 g/mol. The Labute approximate surface area is 99.1 Å². The largest absolute Gasteiger partial charge is 0.437 e. The number of hydrogen-bond acceptors (Lipinski definition) is 4. The van der Waals surface area contributed by atoms with Gasteiger partial charge in [0.05, 0.1) is 6.54 Å². The lowest BCUT2D eigenvalue weighted by Gasteiger charge is -1.99. The van der Waals surface area contributed by atoms with Crippen LogP contribution in [0.1, 0.15) is 36.9 Å². The van der Waals surface area contributed by atoms with Crippen LogP contribution in [0.4, 0.5) is 0 Å². The van der Waals surface area contributed by atoms with Crippen LogP contribution in [-0.4, -0.2) is 14.8 Å². The summed E-state index contributed by atoms with van der Waals surface area (Å²) in [6.07, 6.45) is 1.74. The summed E-state index contributed by atoms with van der Waals surface area (Å²) in [6.45, 7) is 6.18. The summed E-state index contributed by atoms with van der Waals surface area (Å²) in [5, 5.41) is 4.14.